The summed E-state index contributed by atoms with van der Waals surface area (Å²) in [5.74, 6) is 4.53. The zero-order chi connectivity index (χ0) is 21.9. The number of nitrogens with one attached hydrogen (secondary N) is 1. The van der Waals surface area contributed by atoms with Crippen LogP contribution in [0.15, 0.2) is 54.6 Å². The summed E-state index contributed by atoms with van der Waals surface area (Å²) in [6.45, 7) is 3.72. The van der Waals surface area contributed by atoms with Gasteiger partial charge in [-0.05, 0) is 49.7 Å². The maximum absolute atomic E-state index is 12.6. The lowest BCUT2D eigenvalue weighted by atomic mass is 10.1. The molecule has 0 aliphatic heterocycles. The van der Waals surface area contributed by atoms with Crippen LogP contribution >= 0.6 is 0 Å². The van der Waals surface area contributed by atoms with E-state index in [0.717, 1.165) is 18.5 Å². The number of carboxylic acids is 1. The quantitative estimate of drug-likeness (QED) is 0.658. The lowest BCUT2D eigenvalue weighted by Crippen LogP contribution is -2.38. The zero-order valence-corrected chi connectivity index (χ0v) is 17.2. The van der Waals surface area contributed by atoms with Crippen molar-refractivity contribution in [2.24, 2.45) is 0 Å². The van der Waals surface area contributed by atoms with E-state index in [-0.39, 0.29) is 12.5 Å². The van der Waals surface area contributed by atoms with Gasteiger partial charge in [-0.15, -0.1) is 0 Å². The van der Waals surface area contributed by atoms with Gasteiger partial charge in [-0.2, -0.15) is 0 Å². The molecule has 2 aromatic carbocycles. The Balaban J connectivity index is 2.06. The molecule has 0 spiro atoms. The monoisotopic (exact) mass is 406 g/mol. The van der Waals surface area contributed by atoms with Crippen molar-refractivity contribution in [3.63, 3.8) is 0 Å². The summed E-state index contributed by atoms with van der Waals surface area (Å²) in [7, 11) is 0. The second-order valence-corrected chi connectivity index (χ2v) is 6.83. The first kappa shape index (κ1) is 22.7. The molecule has 0 aromatic heterocycles. The highest BCUT2D eigenvalue weighted by Crippen LogP contribution is 2.15. The van der Waals surface area contributed by atoms with Crippen LogP contribution in [-0.2, 0) is 9.59 Å². The van der Waals surface area contributed by atoms with E-state index in [1.807, 2.05) is 37.3 Å². The lowest BCUT2D eigenvalue weighted by Gasteiger charge is -2.20. The molecule has 2 aromatic rings. The van der Waals surface area contributed by atoms with Gasteiger partial charge in [0.15, 0.2) is 0 Å². The summed E-state index contributed by atoms with van der Waals surface area (Å²) in [4.78, 5) is 37.1. The van der Waals surface area contributed by atoms with Gasteiger partial charge in [-0.3, -0.25) is 14.4 Å². The maximum Gasteiger partial charge on any atom is 0.325 e. The minimum absolute atomic E-state index is 0.0388. The Kier molecular flexibility index (Phi) is 8.64. The number of carbonyl (C=O) groups excluding carboxylic acids is 2. The van der Waals surface area contributed by atoms with E-state index >= 15 is 0 Å². The van der Waals surface area contributed by atoms with Gasteiger partial charge < -0.3 is 15.3 Å². The Labute approximate surface area is 176 Å². The lowest BCUT2D eigenvalue weighted by molar-refractivity contribution is -0.138. The van der Waals surface area contributed by atoms with Crippen LogP contribution < -0.4 is 10.2 Å². The molecule has 0 aliphatic carbocycles. The standard InChI is InChI=1S/C24H26N2O4/c1-3-4-12-22(27)26(21-10-6-5-7-11-21)17-8-9-19-13-15-20(16-14-19)23(28)25-18(2)24(29)30/h5-7,10-11,13-16,18H,3-4,12,17H2,1-2H3,(H,25,28)(H,29,30). The smallest absolute Gasteiger partial charge is 0.325 e. The fourth-order valence-electron chi connectivity index (χ4n) is 2.66. The summed E-state index contributed by atoms with van der Waals surface area (Å²) < 4.78 is 0. The normalized spacial score (nSPS) is 11.0. The highest BCUT2D eigenvalue weighted by Gasteiger charge is 2.15. The average molecular weight is 406 g/mol. The highest BCUT2D eigenvalue weighted by molar-refractivity contribution is 5.96. The number of carbonyl (C=O) groups is 3. The molecule has 6 heteroatoms. The van der Waals surface area contributed by atoms with Crippen molar-refractivity contribution in [3.05, 3.63) is 65.7 Å². The third-order valence-corrected chi connectivity index (χ3v) is 4.45. The number of anilines is 1. The largest absolute Gasteiger partial charge is 0.480 e. The number of benzene rings is 2. The first-order chi connectivity index (χ1) is 14.4. The number of hydrogen-bond donors (Lipinski definition) is 2. The number of amides is 2. The summed E-state index contributed by atoms with van der Waals surface area (Å²) in [6, 6.07) is 15.1. The van der Waals surface area contributed by atoms with Crippen LogP contribution in [0.3, 0.4) is 0 Å². The van der Waals surface area contributed by atoms with E-state index in [0.29, 0.717) is 17.5 Å². The molecule has 0 radical (unpaired) electrons. The topological polar surface area (TPSA) is 86.7 Å². The first-order valence-electron chi connectivity index (χ1n) is 9.90. The van der Waals surface area contributed by atoms with Gasteiger partial charge in [0.2, 0.25) is 5.91 Å². The van der Waals surface area contributed by atoms with Crippen molar-refractivity contribution < 1.29 is 19.5 Å². The van der Waals surface area contributed by atoms with Crippen LogP contribution in [0, 0.1) is 11.8 Å². The molecule has 0 saturated heterocycles. The summed E-state index contributed by atoms with van der Waals surface area (Å²) >= 11 is 0. The molecule has 2 rings (SSSR count). The van der Waals surface area contributed by atoms with Gasteiger partial charge in [0.25, 0.3) is 5.91 Å². The molecule has 30 heavy (non-hydrogen) atoms. The second kappa shape index (κ2) is 11.4. The Morgan fingerprint density at radius 3 is 2.33 bits per heavy atom. The van der Waals surface area contributed by atoms with Gasteiger partial charge in [0.05, 0.1) is 6.54 Å². The molecule has 2 amide bonds. The number of carboxylic acid groups (broad SMARTS) is 1. The molecule has 0 bridgehead atoms. The van der Waals surface area contributed by atoms with Crippen LogP contribution in [0.1, 0.15) is 49.0 Å². The molecule has 6 nitrogen and oxygen atoms in total. The van der Waals surface area contributed by atoms with E-state index in [1.54, 1.807) is 29.2 Å². The van der Waals surface area contributed by atoms with Gasteiger partial charge in [-0.25, -0.2) is 0 Å². The van der Waals surface area contributed by atoms with Crippen LogP contribution in [-0.4, -0.2) is 35.5 Å². The number of aliphatic carboxylic acids is 1. The Bertz CT molecular complexity index is 927. The number of rotatable bonds is 8. The van der Waals surface area contributed by atoms with Crippen molar-refractivity contribution >= 4 is 23.5 Å². The summed E-state index contributed by atoms with van der Waals surface area (Å²) in [5.41, 5.74) is 1.87. The summed E-state index contributed by atoms with van der Waals surface area (Å²) in [6.07, 6.45) is 2.26. The molecule has 0 heterocycles. The Morgan fingerprint density at radius 1 is 1.07 bits per heavy atom. The van der Waals surface area contributed by atoms with Gasteiger partial charge >= 0.3 is 5.97 Å². The van der Waals surface area contributed by atoms with E-state index in [1.165, 1.54) is 6.92 Å². The molecule has 1 unspecified atom stereocenters. The molecule has 0 saturated carbocycles. The fraction of sp³-hybridized carbons (Fsp3) is 0.292. The van der Waals surface area contributed by atoms with E-state index in [4.69, 9.17) is 5.11 Å². The molecular formula is C24H26N2O4. The van der Waals surface area contributed by atoms with E-state index < -0.39 is 17.9 Å². The number of nitrogens with zero attached hydrogens (tertiary/aromatic N) is 1. The number of unbranched alkanes of at least 4 members (excludes halogenated alkanes) is 1. The summed E-state index contributed by atoms with van der Waals surface area (Å²) in [5, 5.41) is 11.3. The molecular weight excluding hydrogens is 380 g/mol. The van der Waals surface area contributed by atoms with Crippen molar-refractivity contribution in [1.82, 2.24) is 5.32 Å². The fourth-order valence-corrected chi connectivity index (χ4v) is 2.66. The molecule has 156 valence electrons. The third-order valence-electron chi connectivity index (χ3n) is 4.45. The second-order valence-electron chi connectivity index (χ2n) is 6.83. The van der Waals surface area contributed by atoms with Gasteiger partial charge in [0, 0.05) is 23.2 Å². The highest BCUT2D eigenvalue weighted by atomic mass is 16.4. The van der Waals surface area contributed by atoms with Gasteiger partial charge in [0.1, 0.15) is 6.04 Å². The number of para-hydroxylation sites is 1. The minimum Gasteiger partial charge on any atom is -0.480 e. The first-order valence-corrected chi connectivity index (χ1v) is 9.90. The predicted octanol–water partition coefficient (Wildman–Crippen LogP) is 3.46. The molecule has 0 fully saturated rings. The van der Waals surface area contributed by atoms with Crippen molar-refractivity contribution in [3.8, 4) is 11.8 Å². The Morgan fingerprint density at radius 2 is 1.73 bits per heavy atom. The third kappa shape index (κ3) is 6.78. The van der Waals surface area contributed by atoms with Crippen LogP contribution in [0.25, 0.3) is 0 Å². The molecule has 2 N–H and O–H groups in total. The van der Waals surface area contributed by atoms with Crippen molar-refractivity contribution in [1.29, 1.82) is 0 Å². The zero-order valence-electron chi connectivity index (χ0n) is 17.2. The van der Waals surface area contributed by atoms with Crippen molar-refractivity contribution in [2.75, 3.05) is 11.4 Å². The van der Waals surface area contributed by atoms with Gasteiger partial charge in [-0.1, -0.05) is 43.4 Å². The minimum atomic E-state index is -1.10. The predicted molar refractivity (Wildman–Crippen MR) is 116 cm³/mol. The molecule has 1 atom stereocenters. The van der Waals surface area contributed by atoms with Crippen LogP contribution in [0.4, 0.5) is 5.69 Å². The molecule has 0 aliphatic rings. The SMILES string of the molecule is CCCCC(=O)N(CC#Cc1ccc(C(=O)NC(C)C(=O)O)cc1)c1ccccc1. The van der Waals surface area contributed by atoms with E-state index in [9.17, 15) is 14.4 Å². The Hall–Kier alpha value is -3.59. The average Bonchev–Trinajstić information content (AvgIpc) is 2.76. The maximum atomic E-state index is 12.6. The van der Waals surface area contributed by atoms with E-state index in [2.05, 4.69) is 17.2 Å². The number of hydrogen-bond acceptors (Lipinski definition) is 3. The van der Waals surface area contributed by atoms with Crippen LogP contribution in [0.2, 0.25) is 0 Å². The van der Waals surface area contributed by atoms with Crippen molar-refractivity contribution in [2.45, 2.75) is 39.2 Å². The van der Waals surface area contributed by atoms with Crippen LogP contribution in [0.5, 0.6) is 0 Å².